The minimum atomic E-state index is 0.969. The molecule has 0 bridgehead atoms. The first-order valence-corrected chi connectivity index (χ1v) is 7.36. The largest absolute Gasteiger partial charge is 0.264 e. The third-order valence-electron chi connectivity index (χ3n) is 4.30. The Morgan fingerprint density at radius 2 is 1.55 bits per heavy atom. The van der Waals surface area contributed by atoms with Gasteiger partial charge in [-0.1, -0.05) is 36.4 Å². The van der Waals surface area contributed by atoms with E-state index in [1.807, 2.05) is 18.3 Å². The fraction of sp³-hybridized carbons (Fsp3) is 0. The van der Waals surface area contributed by atoms with Crippen LogP contribution in [0.2, 0.25) is 0 Å². The number of hydrogen-bond donors (Lipinski definition) is 0. The SMILES string of the molecule is c1cncc(-c2ccc3c(n2)-c2cccc4cccc-3c24)c1. The first-order chi connectivity index (χ1) is 10.9. The molecule has 0 atom stereocenters. The lowest BCUT2D eigenvalue weighted by Crippen LogP contribution is -1.88. The van der Waals surface area contributed by atoms with Gasteiger partial charge >= 0.3 is 0 Å². The zero-order valence-corrected chi connectivity index (χ0v) is 11.8. The van der Waals surface area contributed by atoms with Crippen LogP contribution < -0.4 is 0 Å². The van der Waals surface area contributed by atoms with E-state index in [9.17, 15) is 0 Å². The summed E-state index contributed by atoms with van der Waals surface area (Å²) in [4.78, 5) is 9.12. The summed E-state index contributed by atoms with van der Waals surface area (Å²) >= 11 is 0. The lowest BCUT2D eigenvalue weighted by Gasteiger charge is -2.05. The first-order valence-electron chi connectivity index (χ1n) is 7.36. The third-order valence-corrected chi connectivity index (χ3v) is 4.30. The predicted octanol–water partition coefficient (Wildman–Crippen LogP) is 4.94. The quantitative estimate of drug-likeness (QED) is 0.434. The van der Waals surface area contributed by atoms with Crippen LogP contribution in [0.4, 0.5) is 0 Å². The summed E-state index contributed by atoms with van der Waals surface area (Å²) in [6.45, 7) is 0. The Bertz CT molecular complexity index is 1010. The molecule has 0 radical (unpaired) electrons. The number of pyridine rings is 2. The van der Waals surface area contributed by atoms with Crippen molar-refractivity contribution in [3.63, 3.8) is 0 Å². The lowest BCUT2D eigenvalue weighted by molar-refractivity contribution is 1.29. The van der Waals surface area contributed by atoms with Crippen LogP contribution in [0.25, 0.3) is 44.4 Å². The number of aromatic nitrogens is 2. The van der Waals surface area contributed by atoms with Crippen LogP contribution in [0.15, 0.2) is 73.1 Å². The molecule has 0 N–H and O–H groups in total. The van der Waals surface area contributed by atoms with Gasteiger partial charge < -0.3 is 0 Å². The maximum atomic E-state index is 4.92. The standard InChI is InChI=1S/C20H12N2/c1-4-13-5-2-8-17-19(13)15(7-1)16-9-10-18(22-20(16)17)14-6-3-11-21-12-14/h1-12H. The molecule has 4 aromatic rings. The smallest absolute Gasteiger partial charge is 0.0794 e. The number of hydrogen-bond acceptors (Lipinski definition) is 2. The summed E-state index contributed by atoms with van der Waals surface area (Å²) in [5.74, 6) is 0. The van der Waals surface area contributed by atoms with Crippen molar-refractivity contribution < 1.29 is 0 Å². The highest BCUT2D eigenvalue weighted by atomic mass is 14.7. The van der Waals surface area contributed by atoms with Crippen molar-refractivity contribution in [2.75, 3.05) is 0 Å². The van der Waals surface area contributed by atoms with Crippen LogP contribution in [-0.4, -0.2) is 9.97 Å². The van der Waals surface area contributed by atoms with E-state index in [1.54, 1.807) is 6.20 Å². The fourth-order valence-electron chi connectivity index (χ4n) is 3.32. The highest BCUT2D eigenvalue weighted by molar-refractivity contribution is 6.14. The van der Waals surface area contributed by atoms with Crippen molar-refractivity contribution in [2.45, 2.75) is 0 Å². The summed E-state index contributed by atoms with van der Waals surface area (Å²) in [6.07, 6.45) is 3.64. The zero-order chi connectivity index (χ0) is 14.5. The number of rotatable bonds is 1. The fourth-order valence-corrected chi connectivity index (χ4v) is 3.32. The molecule has 22 heavy (non-hydrogen) atoms. The molecule has 0 aliphatic heterocycles. The van der Waals surface area contributed by atoms with E-state index in [2.05, 4.69) is 53.5 Å². The molecular formula is C20H12N2. The molecule has 2 nitrogen and oxygen atoms in total. The average Bonchev–Trinajstić information content (AvgIpc) is 2.92. The van der Waals surface area contributed by atoms with Crippen LogP contribution in [0.3, 0.4) is 0 Å². The van der Waals surface area contributed by atoms with Gasteiger partial charge in [-0.05, 0) is 40.6 Å². The van der Waals surface area contributed by atoms with E-state index >= 15 is 0 Å². The average molecular weight is 280 g/mol. The molecule has 0 unspecified atom stereocenters. The number of benzene rings is 2. The van der Waals surface area contributed by atoms with Gasteiger partial charge in [0.05, 0.1) is 11.4 Å². The van der Waals surface area contributed by atoms with E-state index in [0.717, 1.165) is 17.0 Å². The highest BCUT2D eigenvalue weighted by Gasteiger charge is 2.22. The van der Waals surface area contributed by atoms with Crippen molar-refractivity contribution in [2.24, 2.45) is 0 Å². The van der Waals surface area contributed by atoms with Crippen LogP contribution in [-0.2, 0) is 0 Å². The lowest BCUT2D eigenvalue weighted by atomic mass is 10.0. The Balaban J connectivity index is 1.82. The number of nitrogens with zero attached hydrogens (tertiary/aromatic N) is 2. The summed E-state index contributed by atoms with van der Waals surface area (Å²) in [7, 11) is 0. The topological polar surface area (TPSA) is 25.8 Å². The summed E-state index contributed by atoms with van der Waals surface area (Å²) in [5, 5.41) is 2.59. The summed E-state index contributed by atoms with van der Waals surface area (Å²) < 4.78 is 0. The zero-order valence-electron chi connectivity index (χ0n) is 11.8. The first kappa shape index (κ1) is 11.6. The van der Waals surface area contributed by atoms with Crippen molar-refractivity contribution >= 4 is 10.8 Å². The second-order valence-electron chi connectivity index (χ2n) is 5.54. The van der Waals surface area contributed by atoms with Crippen LogP contribution in [0.5, 0.6) is 0 Å². The Kier molecular flexibility index (Phi) is 2.25. The van der Waals surface area contributed by atoms with Gasteiger partial charge in [0, 0.05) is 29.1 Å². The van der Waals surface area contributed by atoms with Gasteiger partial charge in [-0.3, -0.25) is 4.98 Å². The molecule has 0 fully saturated rings. The van der Waals surface area contributed by atoms with E-state index in [-0.39, 0.29) is 0 Å². The minimum Gasteiger partial charge on any atom is -0.264 e. The Morgan fingerprint density at radius 1 is 0.682 bits per heavy atom. The molecule has 1 aliphatic rings. The van der Waals surface area contributed by atoms with E-state index in [1.165, 1.54) is 27.5 Å². The van der Waals surface area contributed by atoms with E-state index in [0.29, 0.717) is 0 Å². The summed E-state index contributed by atoms with van der Waals surface area (Å²) in [5.41, 5.74) is 6.83. The van der Waals surface area contributed by atoms with Crippen LogP contribution in [0, 0.1) is 0 Å². The molecule has 2 heterocycles. The molecule has 0 saturated heterocycles. The van der Waals surface area contributed by atoms with Gasteiger partial charge in [-0.25, -0.2) is 4.98 Å². The summed E-state index contributed by atoms with van der Waals surface area (Å²) in [6, 6.07) is 21.2. The maximum absolute atomic E-state index is 4.92. The molecule has 2 aromatic carbocycles. The third kappa shape index (κ3) is 1.49. The second-order valence-corrected chi connectivity index (χ2v) is 5.54. The molecule has 2 aromatic heterocycles. The second kappa shape index (κ2) is 4.25. The van der Waals surface area contributed by atoms with Crippen molar-refractivity contribution in [3.05, 3.63) is 73.1 Å². The molecule has 102 valence electrons. The van der Waals surface area contributed by atoms with Crippen LogP contribution >= 0.6 is 0 Å². The van der Waals surface area contributed by atoms with Crippen molar-refractivity contribution in [1.29, 1.82) is 0 Å². The van der Waals surface area contributed by atoms with Crippen molar-refractivity contribution in [1.82, 2.24) is 9.97 Å². The normalized spacial score (nSPS) is 11.6. The molecule has 5 rings (SSSR count). The molecule has 1 aliphatic carbocycles. The molecule has 2 heteroatoms. The van der Waals surface area contributed by atoms with E-state index in [4.69, 9.17) is 4.98 Å². The molecule has 0 amide bonds. The van der Waals surface area contributed by atoms with E-state index < -0.39 is 0 Å². The van der Waals surface area contributed by atoms with Gasteiger partial charge in [-0.15, -0.1) is 0 Å². The maximum Gasteiger partial charge on any atom is 0.0794 e. The van der Waals surface area contributed by atoms with Gasteiger partial charge in [0.1, 0.15) is 0 Å². The highest BCUT2D eigenvalue weighted by Crippen LogP contribution is 2.46. The Morgan fingerprint density at radius 3 is 2.36 bits per heavy atom. The molecule has 0 spiro atoms. The van der Waals surface area contributed by atoms with Gasteiger partial charge in [0.25, 0.3) is 0 Å². The van der Waals surface area contributed by atoms with Crippen molar-refractivity contribution in [3.8, 4) is 33.6 Å². The molecule has 0 saturated carbocycles. The van der Waals surface area contributed by atoms with Gasteiger partial charge in [0.15, 0.2) is 0 Å². The van der Waals surface area contributed by atoms with Gasteiger partial charge in [0.2, 0.25) is 0 Å². The monoisotopic (exact) mass is 280 g/mol. The Hall–Kier alpha value is -3.00. The Labute approximate surface area is 128 Å². The van der Waals surface area contributed by atoms with Gasteiger partial charge in [-0.2, -0.15) is 0 Å². The minimum absolute atomic E-state index is 0.969. The number of fused-ring (bicyclic) bond motifs is 3. The predicted molar refractivity (Wildman–Crippen MR) is 89.4 cm³/mol. The van der Waals surface area contributed by atoms with Crippen LogP contribution in [0.1, 0.15) is 0 Å². The molecular weight excluding hydrogens is 268 g/mol.